The van der Waals surface area contributed by atoms with Crippen molar-refractivity contribution in [1.29, 1.82) is 0 Å². The minimum Gasteiger partial charge on any atom is -0.365 e. The van der Waals surface area contributed by atoms with Gasteiger partial charge < -0.3 is 15.7 Å². The third kappa shape index (κ3) is 2.01. The lowest BCUT2D eigenvalue weighted by atomic mass is 10.2. The summed E-state index contributed by atoms with van der Waals surface area (Å²) in [4.78, 5) is 31.3. The number of aromatic amines is 3. The van der Waals surface area contributed by atoms with Crippen molar-refractivity contribution < 1.29 is 4.79 Å². The summed E-state index contributed by atoms with van der Waals surface area (Å²) in [6, 6.07) is 0. The third-order valence-electron chi connectivity index (χ3n) is 2.19. The van der Waals surface area contributed by atoms with E-state index < -0.39 is 11.5 Å². The molecule has 0 fully saturated rings. The first-order chi connectivity index (χ1) is 8.04. The molecule has 0 aromatic carbocycles. The van der Waals surface area contributed by atoms with Crippen LogP contribution >= 0.6 is 24.0 Å². The van der Waals surface area contributed by atoms with Gasteiger partial charge in [0.2, 0.25) is 0 Å². The molecule has 0 atom stereocenters. The molecule has 0 aliphatic heterocycles. The topological polar surface area (TPSA) is 108 Å². The van der Waals surface area contributed by atoms with E-state index in [2.05, 4.69) is 15.0 Å². The van der Waals surface area contributed by atoms with Gasteiger partial charge in [-0.25, -0.2) is 0 Å². The number of hydrogen-bond donors (Lipinski definition) is 4. The summed E-state index contributed by atoms with van der Waals surface area (Å²) in [6.07, 6.45) is 0. The highest BCUT2D eigenvalue weighted by molar-refractivity contribution is 7.99. The van der Waals surface area contributed by atoms with Gasteiger partial charge in [0.15, 0.2) is 4.77 Å². The highest BCUT2D eigenvalue weighted by Crippen LogP contribution is 2.26. The molecule has 0 radical (unpaired) electrons. The molecular weight excluding hydrogens is 260 g/mol. The number of nitrogens with two attached hydrogens (primary N) is 1. The van der Waals surface area contributed by atoms with E-state index in [1.165, 1.54) is 11.8 Å². The maximum absolute atomic E-state index is 11.8. The van der Waals surface area contributed by atoms with Gasteiger partial charge in [0.25, 0.3) is 11.5 Å². The number of thioether (sulfide) groups is 1. The van der Waals surface area contributed by atoms with Crippen LogP contribution in [0.15, 0.2) is 9.82 Å². The Labute approximate surface area is 105 Å². The van der Waals surface area contributed by atoms with Gasteiger partial charge in [0, 0.05) is 0 Å². The minimum absolute atomic E-state index is 0.202. The Balaban J connectivity index is 2.90. The number of nitrogens with one attached hydrogen (secondary N) is 3. The summed E-state index contributed by atoms with van der Waals surface area (Å²) >= 11 is 6.26. The molecule has 0 aliphatic carbocycles. The van der Waals surface area contributed by atoms with Crippen molar-refractivity contribution in [1.82, 2.24) is 15.0 Å². The van der Waals surface area contributed by atoms with Gasteiger partial charge in [0.05, 0.1) is 16.0 Å². The van der Waals surface area contributed by atoms with E-state index in [-0.39, 0.29) is 15.7 Å². The second-order valence-corrected chi connectivity index (χ2v) is 4.97. The number of rotatable bonds is 3. The van der Waals surface area contributed by atoms with Gasteiger partial charge in [0.1, 0.15) is 5.65 Å². The fourth-order valence-electron chi connectivity index (χ4n) is 1.60. The van der Waals surface area contributed by atoms with Crippen molar-refractivity contribution in [3.8, 4) is 0 Å². The highest BCUT2D eigenvalue weighted by atomic mass is 32.2. The molecule has 2 aromatic rings. The maximum Gasteiger partial charge on any atom is 0.262 e. The molecule has 2 rings (SSSR count). The number of H-pyrrole nitrogens is 3. The number of hydrogen-bond acceptors (Lipinski definition) is 4. The van der Waals surface area contributed by atoms with Crippen LogP contribution in [0.4, 0.5) is 0 Å². The lowest BCUT2D eigenvalue weighted by Gasteiger charge is -1.96. The van der Waals surface area contributed by atoms with Crippen LogP contribution in [0.3, 0.4) is 0 Å². The quantitative estimate of drug-likeness (QED) is 0.495. The van der Waals surface area contributed by atoms with Gasteiger partial charge in [-0.1, -0.05) is 6.92 Å². The first-order valence-electron chi connectivity index (χ1n) is 4.85. The number of fused-ring (bicyclic) bond motifs is 1. The van der Waals surface area contributed by atoms with Crippen LogP contribution in [-0.4, -0.2) is 26.6 Å². The van der Waals surface area contributed by atoms with Crippen molar-refractivity contribution in [2.75, 3.05) is 5.75 Å². The molecule has 0 saturated heterocycles. The first kappa shape index (κ1) is 11.9. The Hall–Kier alpha value is -1.54. The Bertz CT molecular complexity index is 697. The van der Waals surface area contributed by atoms with E-state index >= 15 is 0 Å². The highest BCUT2D eigenvalue weighted by Gasteiger charge is 2.19. The smallest absolute Gasteiger partial charge is 0.262 e. The SMILES string of the molecule is CCSc1[nH]c2[nH]c(=S)[nH]c(=O)c2c1C(N)=O. The summed E-state index contributed by atoms with van der Waals surface area (Å²) in [5, 5.41) is 0.805. The Morgan fingerprint density at radius 3 is 2.71 bits per heavy atom. The van der Waals surface area contributed by atoms with Gasteiger partial charge in [-0.3, -0.25) is 14.6 Å². The number of amides is 1. The van der Waals surface area contributed by atoms with Gasteiger partial charge in [-0.05, 0) is 18.0 Å². The van der Waals surface area contributed by atoms with Crippen LogP contribution in [-0.2, 0) is 0 Å². The largest absolute Gasteiger partial charge is 0.365 e. The zero-order chi connectivity index (χ0) is 12.6. The second-order valence-electron chi connectivity index (χ2n) is 3.28. The monoisotopic (exact) mass is 270 g/mol. The van der Waals surface area contributed by atoms with Crippen molar-refractivity contribution in [2.24, 2.45) is 5.73 Å². The van der Waals surface area contributed by atoms with Gasteiger partial charge in [-0.2, -0.15) is 0 Å². The fourth-order valence-corrected chi connectivity index (χ4v) is 2.60. The zero-order valence-corrected chi connectivity index (χ0v) is 10.6. The predicted octanol–water partition coefficient (Wildman–Crippen LogP) is 1.12. The van der Waals surface area contributed by atoms with E-state index in [1.54, 1.807) is 0 Å². The lowest BCUT2D eigenvalue weighted by Crippen LogP contribution is -2.16. The molecule has 0 spiro atoms. The molecule has 5 N–H and O–H groups in total. The Morgan fingerprint density at radius 2 is 2.12 bits per heavy atom. The Kier molecular flexibility index (Phi) is 3.07. The summed E-state index contributed by atoms with van der Waals surface area (Å²) in [7, 11) is 0. The molecule has 0 unspecified atom stereocenters. The van der Waals surface area contributed by atoms with Crippen LogP contribution < -0.4 is 11.3 Å². The molecule has 2 aromatic heterocycles. The third-order valence-corrected chi connectivity index (χ3v) is 3.28. The fraction of sp³-hybridized carbons (Fsp3) is 0.222. The molecule has 0 bridgehead atoms. The van der Waals surface area contributed by atoms with E-state index in [0.717, 1.165) is 5.75 Å². The minimum atomic E-state index is -0.636. The molecular formula is C9H10N4O2S2. The number of primary amides is 1. The van der Waals surface area contributed by atoms with E-state index in [0.29, 0.717) is 10.7 Å². The average Bonchev–Trinajstić information content (AvgIpc) is 2.56. The summed E-state index contributed by atoms with van der Waals surface area (Å²) in [6.45, 7) is 1.94. The number of aromatic nitrogens is 3. The average molecular weight is 270 g/mol. The van der Waals surface area contributed by atoms with Crippen molar-refractivity contribution in [2.45, 2.75) is 11.9 Å². The summed E-state index contributed by atoms with van der Waals surface area (Å²) < 4.78 is 0.202. The molecule has 17 heavy (non-hydrogen) atoms. The predicted molar refractivity (Wildman–Crippen MR) is 69.0 cm³/mol. The number of carbonyl (C=O) groups excluding carboxylic acids is 1. The summed E-state index contributed by atoms with van der Waals surface area (Å²) in [5.74, 6) is 0.120. The normalized spacial score (nSPS) is 10.9. The molecule has 90 valence electrons. The Morgan fingerprint density at radius 1 is 1.41 bits per heavy atom. The molecule has 6 nitrogen and oxygen atoms in total. The molecule has 0 saturated carbocycles. The van der Waals surface area contributed by atoms with Gasteiger partial charge >= 0.3 is 0 Å². The standard InChI is InChI=1S/C9H10N4O2S2/c1-2-17-8-3(5(10)14)4-6(11-8)12-9(16)13-7(4)15/h2H2,1H3,(H2,10,14)(H3,11,12,13,15,16). The van der Waals surface area contributed by atoms with E-state index in [1.807, 2.05) is 6.92 Å². The van der Waals surface area contributed by atoms with Gasteiger partial charge in [-0.15, -0.1) is 11.8 Å². The van der Waals surface area contributed by atoms with Crippen LogP contribution in [0.5, 0.6) is 0 Å². The van der Waals surface area contributed by atoms with Crippen LogP contribution in [0, 0.1) is 4.77 Å². The second kappa shape index (κ2) is 4.38. The number of carbonyl (C=O) groups is 1. The summed E-state index contributed by atoms with van der Waals surface area (Å²) in [5.41, 5.74) is 5.51. The molecule has 2 heterocycles. The molecule has 0 aliphatic rings. The zero-order valence-electron chi connectivity index (χ0n) is 8.92. The maximum atomic E-state index is 11.8. The van der Waals surface area contributed by atoms with Crippen LogP contribution in [0.25, 0.3) is 11.0 Å². The van der Waals surface area contributed by atoms with Crippen molar-refractivity contribution in [3.63, 3.8) is 0 Å². The van der Waals surface area contributed by atoms with E-state index in [4.69, 9.17) is 18.0 Å². The van der Waals surface area contributed by atoms with Crippen molar-refractivity contribution in [3.05, 3.63) is 20.7 Å². The molecule has 1 amide bonds. The van der Waals surface area contributed by atoms with Crippen molar-refractivity contribution >= 4 is 40.9 Å². The first-order valence-corrected chi connectivity index (χ1v) is 6.24. The van der Waals surface area contributed by atoms with Crippen LogP contribution in [0.1, 0.15) is 17.3 Å². The molecule has 8 heteroatoms. The van der Waals surface area contributed by atoms with Crippen LogP contribution in [0.2, 0.25) is 0 Å². The lowest BCUT2D eigenvalue weighted by molar-refractivity contribution is 0.0999. The van der Waals surface area contributed by atoms with E-state index in [9.17, 15) is 9.59 Å².